The average molecular weight is 478 g/mol. The minimum Gasteiger partial charge on any atom is -0.494 e. The van der Waals surface area contributed by atoms with Gasteiger partial charge in [-0.3, -0.25) is 4.90 Å². The molecule has 3 aromatic rings. The molecule has 0 spiro atoms. The lowest BCUT2D eigenvalue weighted by Crippen LogP contribution is -2.49. The van der Waals surface area contributed by atoms with Crippen LogP contribution < -0.4 is 14.4 Å². The molecule has 1 aliphatic heterocycles. The van der Waals surface area contributed by atoms with E-state index in [1.807, 2.05) is 0 Å². The molecule has 1 unspecified atom stereocenters. The Morgan fingerprint density at radius 1 is 1.06 bits per heavy atom. The van der Waals surface area contributed by atoms with Gasteiger partial charge in [0.15, 0.2) is 11.6 Å². The molecular weight excluding hydrogens is 452 g/mol. The van der Waals surface area contributed by atoms with Gasteiger partial charge in [-0.1, -0.05) is 0 Å². The van der Waals surface area contributed by atoms with Crippen LogP contribution in [0.15, 0.2) is 70.2 Å². The Bertz CT molecular complexity index is 1160. The van der Waals surface area contributed by atoms with Crippen LogP contribution in [-0.4, -0.2) is 53.2 Å². The van der Waals surface area contributed by atoms with E-state index in [1.165, 1.54) is 31.4 Å². The molecule has 0 bridgehead atoms. The summed E-state index contributed by atoms with van der Waals surface area (Å²) in [5.74, 6) is -0.422. The maximum atomic E-state index is 14.0. The van der Waals surface area contributed by atoms with Gasteiger partial charge in [-0.2, -0.15) is 0 Å². The van der Waals surface area contributed by atoms with Crippen molar-refractivity contribution in [1.29, 1.82) is 0 Å². The number of halogens is 2. The topological polar surface area (TPSA) is 75.0 Å². The van der Waals surface area contributed by atoms with Crippen molar-refractivity contribution in [2.75, 3.05) is 44.7 Å². The highest BCUT2D eigenvalue weighted by Crippen LogP contribution is 2.26. The number of ether oxygens (including phenoxy) is 1. The first-order valence-electron chi connectivity index (χ1n) is 10.5. The number of rotatable bonds is 8. The molecule has 0 aliphatic carbocycles. The summed E-state index contributed by atoms with van der Waals surface area (Å²) >= 11 is 0. The van der Waals surface area contributed by atoms with Crippen molar-refractivity contribution >= 4 is 15.7 Å². The van der Waals surface area contributed by atoms with Gasteiger partial charge in [0.25, 0.3) is 0 Å². The summed E-state index contributed by atoms with van der Waals surface area (Å²) in [5, 5.41) is 0. The molecule has 1 aromatic heterocycles. The largest absolute Gasteiger partial charge is 0.494 e. The van der Waals surface area contributed by atoms with E-state index in [9.17, 15) is 17.2 Å². The molecule has 0 amide bonds. The lowest BCUT2D eigenvalue weighted by atomic mass is 10.1. The quantitative estimate of drug-likeness (QED) is 0.536. The smallest absolute Gasteiger partial charge is 0.240 e. The van der Waals surface area contributed by atoms with Gasteiger partial charge in [-0.15, -0.1) is 0 Å². The number of benzene rings is 2. The number of hydrogen-bond donors (Lipinski definition) is 1. The van der Waals surface area contributed by atoms with Gasteiger partial charge in [-0.25, -0.2) is 21.9 Å². The van der Waals surface area contributed by atoms with E-state index in [1.54, 1.807) is 30.5 Å². The first-order valence-corrected chi connectivity index (χ1v) is 12.0. The molecule has 1 saturated heterocycles. The third kappa shape index (κ3) is 5.35. The molecule has 0 radical (unpaired) electrons. The predicted octanol–water partition coefficient (Wildman–Crippen LogP) is 3.41. The normalized spacial score (nSPS) is 16.0. The zero-order chi connectivity index (χ0) is 23.4. The Kier molecular flexibility index (Phi) is 6.96. The minimum atomic E-state index is -3.95. The first-order chi connectivity index (χ1) is 15.9. The summed E-state index contributed by atoms with van der Waals surface area (Å²) in [5.41, 5.74) is 0.938. The number of furan rings is 1. The molecule has 1 atom stereocenters. The molecule has 33 heavy (non-hydrogen) atoms. The van der Waals surface area contributed by atoms with Crippen LogP contribution in [0.1, 0.15) is 11.8 Å². The fourth-order valence-electron chi connectivity index (χ4n) is 3.92. The van der Waals surface area contributed by atoms with Crippen molar-refractivity contribution in [2.24, 2.45) is 0 Å². The standard InChI is InChI=1S/C23H25F2N3O4S/c1-31-22-9-8-19(15-20(22)25)33(29,30)26-16-21(23-3-2-14-32-23)28-12-10-27(11-13-28)18-6-4-17(24)5-7-18/h2-9,14-15,21,26H,10-13,16H2,1H3. The van der Waals surface area contributed by atoms with E-state index in [2.05, 4.69) is 14.5 Å². The molecular formula is C23H25F2N3O4S. The molecule has 176 valence electrons. The number of piperazine rings is 1. The van der Waals surface area contributed by atoms with Crippen LogP contribution in [0.2, 0.25) is 0 Å². The van der Waals surface area contributed by atoms with Crippen LogP contribution in [-0.2, 0) is 10.0 Å². The summed E-state index contributed by atoms with van der Waals surface area (Å²) in [6.07, 6.45) is 1.55. The number of nitrogens with zero attached hydrogens (tertiary/aromatic N) is 2. The average Bonchev–Trinajstić information content (AvgIpc) is 3.35. The number of methoxy groups -OCH3 is 1. The van der Waals surface area contributed by atoms with E-state index in [0.29, 0.717) is 31.9 Å². The second kappa shape index (κ2) is 9.90. The zero-order valence-electron chi connectivity index (χ0n) is 18.1. The van der Waals surface area contributed by atoms with Crippen molar-refractivity contribution in [1.82, 2.24) is 9.62 Å². The molecule has 0 saturated carbocycles. The Balaban J connectivity index is 1.45. The van der Waals surface area contributed by atoms with Crippen LogP contribution in [0.25, 0.3) is 0 Å². The van der Waals surface area contributed by atoms with Crippen molar-refractivity contribution in [3.05, 3.63) is 78.3 Å². The summed E-state index contributed by atoms with van der Waals surface area (Å²) in [6, 6.07) is 13.1. The molecule has 4 rings (SSSR count). The summed E-state index contributed by atoms with van der Waals surface area (Å²) < 4.78 is 65.9. The van der Waals surface area contributed by atoms with Crippen molar-refractivity contribution in [3.63, 3.8) is 0 Å². The Labute approximate surface area is 191 Å². The van der Waals surface area contributed by atoms with Crippen LogP contribution in [0.4, 0.5) is 14.5 Å². The second-order valence-electron chi connectivity index (χ2n) is 7.68. The van der Waals surface area contributed by atoms with Crippen molar-refractivity contribution in [3.8, 4) is 5.75 Å². The Morgan fingerprint density at radius 2 is 1.79 bits per heavy atom. The summed E-state index contributed by atoms with van der Waals surface area (Å²) in [4.78, 5) is 4.11. The molecule has 7 nitrogen and oxygen atoms in total. The second-order valence-corrected chi connectivity index (χ2v) is 9.45. The molecule has 1 fully saturated rings. The van der Waals surface area contributed by atoms with E-state index in [-0.39, 0.29) is 29.0 Å². The number of anilines is 1. The summed E-state index contributed by atoms with van der Waals surface area (Å²) in [6.45, 7) is 2.75. The maximum Gasteiger partial charge on any atom is 0.240 e. The fraction of sp³-hybridized carbons (Fsp3) is 0.304. The van der Waals surface area contributed by atoms with E-state index < -0.39 is 15.8 Å². The minimum absolute atomic E-state index is 0.0264. The first kappa shape index (κ1) is 23.2. The lowest BCUT2D eigenvalue weighted by Gasteiger charge is -2.39. The van der Waals surface area contributed by atoms with E-state index in [4.69, 9.17) is 9.15 Å². The van der Waals surface area contributed by atoms with E-state index >= 15 is 0 Å². The van der Waals surface area contributed by atoms with Crippen LogP contribution in [0.5, 0.6) is 5.75 Å². The van der Waals surface area contributed by atoms with Gasteiger partial charge < -0.3 is 14.1 Å². The third-order valence-corrected chi connectivity index (χ3v) is 7.14. The van der Waals surface area contributed by atoms with Crippen LogP contribution in [0.3, 0.4) is 0 Å². The van der Waals surface area contributed by atoms with Crippen LogP contribution >= 0.6 is 0 Å². The number of nitrogens with one attached hydrogen (secondary N) is 1. The van der Waals surface area contributed by atoms with Gasteiger partial charge in [-0.05, 0) is 54.6 Å². The fourth-order valence-corrected chi connectivity index (χ4v) is 4.97. The van der Waals surface area contributed by atoms with Gasteiger partial charge in [0.2, 0.25) is 10.0 Å². The number of hydrogen-bond acceptors (Lipinski definition) is 6. The van der Waals surface area contributed by atoms with Crippen molar-refractivity contribution in [2.45, 2.75) is 10.9 Å². The highest BCUT2D eigenvalue weighted by molar-refractivity contribution is 7.89. The van der Waals surface area contributed by atoms with Gasteiger partial charge in [0, 0.05) is 38.4 Å². The molecule has 1 aliphatic rings. The third-order valence-electron chi connectivity index (χ3n) is 5.72. The van der Waals surface area contributed by atoms with Gasteiger partial charge in [0.05, 0.1) is 24.3 Å². The van der Waals surface area contributed by atoms with Gasteiger partial charge >= 0.3 is 0 Å². The highest BCUT2D eigenvalue weighted by Gasteiger charge is 2.29. The maximum absolute atomic E-state index is 14.0. The Hall–Kier alpha value is -2.95. The Morgan fingerprint density at radius 3 is 2.39 bits per heavy atom. The predicted molar refractivity (Wildman–Crippen MR) is 120 cm³/mol. The SMILES string of the molecule is COc1ccc(S(=O)(=O)NCC(c2ccco2)N2CCN(c3ccc(F)cc3)CC2)cc1F. The lowest BCUT2D eigenvalue weighted by molar-refractivity contribution is 0.166. The molecule has 1 N–H and O–H groups in total. The number of sulfonamides is 1. The van der Waals surface area contributed by atoms with Crippen molar-refractivity contribution < 1.29 is 26.4 Å². The molecule has 2 aromatic carbocycles. The summed E-state index contributed by atoms with van der Waals surface area (Å²) in [7, 11) is -2.64. The van der Waals surface area contributed by atoms with Gasteiger partial charge in [0.1, 0.15) is 11.6 Å². The monoisotopic (exact) mass is 477 g/mol. The van der Waals surface area contributed by atoms with Crippen LogP contribution in [0, 0.1) is 11.6 Å². The highest BCUT2D eigenvalue weighted by atomic mass is 32.2. The zero-order valence-corrected chi connectivity index (χ0v) is 18.9. The molecule has 10 heteroatoms. The molecule has 2 heterocycles. The van der Waals surface area contributed by atoms with E-state index in [0.717, 1.165) is 11.8 Å².